The number of benzene rings is 2. The van der Waals surface area contributed by atoms with E-state index in [2.05, 4.69) is 15.4 Å². The van der Waals surface area contributed by atoms with E-state index in [4.69, 9.17) is 4.74 Å². The maximum Gasteiger partial charge on any atom is 0.215 e. The fourth-order valence-electron chi connectivity index (χ4n) is 2.18. The number of hydrogen-bond donors (Lipinski definition) is 1. The molecule has 110 valence electrons. The minimum absolute atomic E-state index is 0.153. The third kappa shape index (κ3) is 2.61. The second kappa shape index (κ2) is 5.81. The Kier molecular flexibility index (Phi) is 3.70. The summed E-state index contributed by atoms with van der Waals surface area (Å²) in [5, 5.41) is 10.7. The van der Waals surface area contributed by atoms with Gasteiger partial charge in [-0.15, -0.1) is 0 Å². The molecule has 1 heterocycles. The van der Waals surface area contributed by atoms with Gasteiger partial charge in [0.15, 0.2) is 5.69 Å². The van der Waals surface area contributed by atoms with Crippen LogP contribution >= 0.6 is 0 Å². The van der Waals surface area contributed by atoms with E-state index in [-0.39, 0.29) is 5.78 Å². The van der Waals surface area contributed by atoms with Gasteiger partial charge in [-0.25, -0.2) is 0 Å². The molecule has 0 unspecified atom stereocenters. The number of aryl methyl sites for hydroxylation is 1. The van der Waals surface area contributed by atoms with Crippen molar-refractivity contribution in [3.05, 3.63) is 65.4 Å². The summed E-state index contributed by atoms with van der Waals surface area (Å²) in [6.45, 7) is 1.98. The topological polar surface area (TPSA) is 67.9 Å². The molecule has 0 spiro atoms. The number of ketones is 1. The number of nitrogens with zero attached hydrogens (tertiary/aromatic N) is 2. The lowest BCUT2D eigenvalue weighted by molar-refractivity contribution is 0.103. The van der Waals surface area contributed by atoms with E-state index in [1.54, 1.807) is 19.2 Å². The van der Waals surface area contributed by atoms with Crippen molar-refractivity contribution in [3.63, 3.8) is 0 Å². The standard InChI is InChI=1S/C17H15N3O2/c1-11-3-5-13(6-4-11)17(21)16-15(18-20-19-16)12-7-9-14(22-2)10-8-12/h3-10H,1-2H3,(H,18,19,20). The first-order chi connectivity index (χ1) is 10.7. The third-order valence-corrected chi connectivity index (χ3v) is 3.44. The summed E-state index contributed by atoms with van der Waals surface area (Å²) in [5.74, 6) is 0.596. The van der Waals surface area contributed by atoms with Crippen LogP contribution in [0.3, 0.4) is 0 Å². The summed E-state index contributed by atoms with van der Waals surface area (Å²) in [7, 11) is 1.61. The van der Waals surface area contributed by atoms with Crippen molar-refractivity contribution in [3.8, 4) is 17.0 Å². The smallest absolute Gasteiger partial charge is 0.215 e. The van der Waals surface area contributed by atoms with Crippen LogP contribution in [0.2, 0.25) is 0 Å². The average molecular weight is 293 g/mol. The molecule has 0 aliphatic heterocycles. The molecule has 2 aromatic carbocycles. The first-order valence-electron chi connectivity index (χ1n) is 6.85. The fourth-order valence-corrected chi connectivity index (χ4v) is 2.18. The number of H-pyrrole nitrogens is 1. The number of aromatic nitrogens is 3. The van der Waals surface area contributed by atoms with Crippen LogP contribution in [0.4, 0.5) is 0 Å². The lowest BCUT2D eigenvalue weighted by Gasteiger charge is -2.03. The van der Waals surface area contributed by atoms with Crippen molar-refractivity contribution in [2.45, 2.75) is 6.92 Å². The van der Waals surface area contributed by atoms with E-state index in [9.17, 15) is 4.79 Å². The van der Waals surface area contributed by atoms with Gasteiger partial charge in [-0.2, -0.15) is 15.4 Å². The Balaban J connectivity index is 1.97. The van der Waals surface area contributed by atoms with Gasteiger partial charge in [-0.05, 0) is 31.2 Å². The van der Waals surface area contributed by atoms with E-state index in [1.165, 1.54) is 0 Å². The van der Waals surface area contributed by atoms with Crippen molar-refractivity contribution in [1.29, 1.82) is 0 Å². The second-order valence-corrected chi connectivity index (χ2v) is 4.94. The van der Waals surface area contributed by atoms with Gasteiger partial charge in [0.2, 0.25) is 5.78 Å². The molecule has 3 aromatic rings. The second-order valence-electron chi connectivity index (χ2n) is 4.94. The number of rotatable bonds is 4. The molecule has 1 N–H and O–H groups in total. The molecule has 0 saturated carbocycles. The Bertz CT molecular complexity index is 790. The van der Waals surface area contributed by atoms with Gasteiger partial charge in [0.25, 0.3) is 0 Å². The lowest BCUT2D eigenvalue weighted by atomic mass is 10.0. The van der Waals surface area contributed by atoms with E-state index >= 15 is 0 Å². The SMILES string of the molecule is COc1ccc(-c2n[nH]nc2C(=O)c2ccc(C)cc2)cc1. The third-order valence-electron chi connectivity index (χ3n) is 3.44. The van der Waals surface area contributed by atoms with Gasteiger partial charge in [-0.3, -0.25) is 4.79 Å². The van der Waals surface area contributed by atoms with Crippen LogP contribution in [0, 0.1) is 6.92 Å². The number of carbonyl (C=O) groups excluding carboxylic acids is 1. The molecule has 3 rings (SSSR count). The van der Waals surface area contributed by atoms with Crippen LogP contribution in [-0.4, -0.2) is 28.3 Å². The summed E-state index contributed by atoms with van der Waals surface area (Å²) >= 11 is 0. The Morgan fingerprint density at radius 3 is 2.32 bits per heavy atom. The molecule has 0 aliphatic carbocycles. The summed E-state index contributed by atoms with van der Waals surface area (Å²) in [6.07, 6.45) is 0. The highest BCUT2D eigenvalue weighted by atomic mass is 16.5. The van der Waals surface area contributed by atoms with Crippen molar-refractivity contribution >= 4 is 5.78 Å². The zero-order chi connectivity index (χ0) is 15.5. The number of methoxy groups -OCH3 is 1. The predicted molar refractivity (Wildman–Crippen MR) is 83.0 cm³/mol. The van der Waals surface area contributed by atoms with Gasteiger partial charge < -0.3 is 4.74 Å². The normalized spacial score (nSPS) is 10.5. The van der Waals surface area contributed by atoms with Crippen molar-refractivity contribution in [1.82, 2.24) is 15.4 Å². The first kappa shape index (κ1) is 14.0. The zero-order valence-electron chi connectivity index (χ0n) is 12.3. The molecule has 1 aromatic heterocycles. The van der Waals surface area contributed by atoms with Crippen molar-refractivity contribution < 1.29 is 9.53 Å². The minimum atomic E-state index is -0.153. The first-order valence-corrected chi connectivity index (χ1v) is 6.85. The van der Waals surface area contributed by atoms with Crippen molar-refractivity contribution in [2.24, 2.45) is 0 Å². The van der Waals surface area contributed by atoms with E-state index in [0.29, 0.717) is 17.0 Å². The molecule has 0 saturated heterocycles. The molecule has 0 amide bonds. The van der Waals surface area contributed by atoms with Crippen LogP contribution in [0.15, 0.2) is 48.5 Å². The fraction of sp³-hybridized carbons (Fsp3) is 0.118. The number of aromatic amines is 1. The van der Waals surface area contributed by atoms with Gasteiger partial charge in [-0.1, -0.05) is 29.8 Å². The lowest BCUT2D eigenvalue weighted by Crippen LogP contribution is -2.04. The van der Waals surface area contributed by atoms with Crippen LogP contribution in [0.5, 0.6) is 5.75 Å². The minimum Gasteiger partial charge on any atom is -0.497 e. The van der Waals surface area contributed by atoms with E-state index in [1.807, 2.05) is 43.3 Å². The van der Waals surface area contributed by atoms with E-state index < -0.39 is 0 Å². The largest absolute Gasteiger partial charge is 0.497 e. The zero-order valence-corrected chi connectivity index (χ0v) is 12.3. The molecule has 22 heavy (non-hydrogen) atoms. The van der Waals surface area contributed by atoms with Gasteiger partial charge in [0.1, 0.15) is 11.4 Å². The van der Waals surface area contributed by atoms with Crippen LogP contribution in [-0.2, 0) is 0 Å². The average Bonchev–Trinajstić information content (AvgIpc) is 3.04. The molecule has 0 bridgehead atoms. The van der Waals surface area contributed by atoms with Crippen LogP contribution < -0.4 is 4.74 Å². The van der Waals surface area contributed by atoms with Gasteiger partial charge >= 0.3 is 0 Å². The molecule has 0 radical (unpaired) electrons. The molecule has 0 atom stereocenters. The Morgan fingerprint density at radius 2 is 1.68 bits per heavy atom. The van der Waals surface area contributed by atoms with Crippen LogP contribution in [0.1, 0.15) is 21.6 Å². The summed E-state index contributed by atoms with van der Waals surface area (Å²) in [4.78, 5) is 12.6. The van der Waals surface area contributed by atoms with Gasteiger partial charge in [0.05, 0.1) is 7.11 Å². The predicted octanol–water partition coefficient (Wildman–Crippen LogP) is 3.02. The number of nitrogens with one attached hydrogen (secondary N) is 1. The summed E-state index contributed by atoms with van der Waals surface area (Å²) < 4.78 is 5.13. The van der Waals surface area contributed by atoms with Crippen LogP contribution in [0.25, 0.3) is 11.3 Å². The maximum atomic E-state index is 12.6. The molecule has 0 aliphatic rings. The highest BCUT2D eigenvalue weighted by Crippen LogP contribution is 2.24. The molecule has 0 fully saturated rings. The number of ether oxygens (including phenoxy) is 1. The quantitative estimate of drug-likeness (QED) is 0.751. The molecular formula is C17H15N3O2. The molecule has 5 nitrogen and oxygen atoms in total. The Morgan fingerprint density at radius 1 is 1.00 bits per heavy atom. The summed E-state index contributed by atoms with van der Waals surface area (Å²) in [6, 6.07) is 14.7. The van der Waals surface area contributed by atoms with Gasteiger partial charge in [0, 0.05) is 11.1 Å². The summed E-state index contributed by atoms with van der Waals surface area (Å²) in [5.41, 5.74) is 3.36. The number of hydrogen-bond acceptors (Lipinski definition) is 4. The molecule has 5 heteroatoms. The Labute approximate surface area is 128 Å². The van der Waals surface area contributed by atoms with Crippen molar-refractivity contribution in [2.75, 3.05) is 7.11 Å². The van der Waals surface area contributed by atoms with E-state index in [0.717, 1.165) is 16.9 Å². The molecular weight excluding hydrogens is 278 g/mol. The Hall–Kier alpha value is -2.95. The number of carbonyl (C=O) groups is 1. The maximum absolute atomic E-state index is 12.6. The highest BCUT2D eigenvalue weighted by molar-refractivity contribution is 6.10. The monoisotopic (exact) mass is 293 g/mol. The highest BCUT2D eigenvalue weighted by Gasteiger charge is 2.19.